The molecule has 0 spiro atoms. The molecule has 0 saturated heterocycles. The normalized spacial score (nSPS) is 12.8. The van der Waals surface area contributed by atoms with E-state index in [2.05, 4.69) is 59.4 Å². The monoisotopic (exact) mass is 295 g/mol. The van der Waals surface area contributed by atoms with Gasteiger partial charge in [0.25, 0.3) is 0 Å². The first-order chi connectivity index (χ1) is 7.59. The Kier molecular flexibility index (Phi) is 3.47. The zero-order valence-corrected chi connectivity index (χ0v) is 11.7. The first-order valence-corrected chi connectivity index (χ1v) is 6.82. The fourth-order valence-corrected chi connectivity index (χ4v) is 3.03. The van der Waals surface area contributed by atoms with E-state index in [4.69, 9.17) is 5.73 Å². The van der Waals surface area contributed by atoms with Crippen molar-refractivity contribution >= 4 is 27.3 Å². The van der Waals surface area contributed by atoms with Gasteiger partial charge in [-0.25, -0.2) is 0 Å². The minimum Gasteiger partial charge on any atom is -0.320 e. The number of benzene rings is 1. The summed E-state index contributed by atoms with van der Waals surface area (Å²) in [6, 6.07) is 8.36. The molecular weight excluding hydrogens is 282 g/mol. The van der Waals surface area contributed by atoms with E-state index in [1.807, 2.05) is 0 Å². The summed E-state index contributed by atoms with van der Waals surface area (Å²) in [5.74, 6) is 0. The van der Waals surface area contributed by atoms with Crippen LogP contribution in [0.3, 0.4) is 0 Å². The Labute approximate surface area is 108 Å². The van der Waals surface area contributed by atoms with Crippen LogP contribution in [0.1, 0.15) is 27.6 Å². The lowest BCUT2D eigenvalue weighted by molar-refractivity contribution is 0.862. The highest BCUT2D eigenvalue weighted by Crippen LogP contribution is 2.31. The Morgan fingerprint density at radius 1 is 1.19 bits per heavy atom. The maximum absolute atomic E-state index is 6.31. The van der Waals surface area contributed by atoms with Crippen LogP contribution in [-0.4, -0.2) is 0 Å². The minimum atomic E-state index is -0.0412. The highest BCUT2D eigenvalue weighted by molar-refractivity contribution is 9.10. The van der Waals surface area contributed by atoms with Crippen LogP contribution in [0.15, 0.2) is 34.1 Å². The first-order valence-electron chi connectivity index (χ1n) is 5.15. The fourth-order valence-electron chi connectivity index (χ4n) is 1.79. The van der Waals surface area contributed by atoms with E-state index in [-0.39, 0.29) is 6.04 Å². The summed E-state index contributed by atoms with van der Waals surface area (Å²) >= 11 is 5.31. The van der Waals surface area contributed by atoms with Gasteiger partial charge in [0.1, 0.15) is 0 Å². The summed E-state index contributed by atoms with van der Waals surface area (Å²) in [7, 11) is 0. The van der Waals surface area contributed by atoms with Crippen LogP contribution < -0.4 is 5.73 Å². The van der Waals surface area contributed by atoms with Crippen molar-refractivity contribution in [2.45, 2.75) is 19.9 Å². The van der Waals surface area contributed by atoms with E-state index in [1.165, 1.54) is 16.0 Å². The number of nitrogens with two attached hydrogens (primary N) is 1. The number of rotatable bonds is 2. The molecule has 0 aliphatic heterocycles. The number of hydrogen-bond donors (Lipinski definition) is 1. The summed E-state index contributed by atoms with van der Waals surface area (Å²) in [5, 5.41) is 2.09. The molecule has 0 saturated carbocycles. The number of halogens is 1. The van der Waals surface area contributed by atoms with Gasteiger partial charge in [-0.2, -0.15) is 0 Å². The van der Waals surface area contributed by atoms with Crippen molar-refractivity contribution in [3.63, 3.8) is 0 Å². The molecule has 1 nitrogen and oxygen atoms in total. The molecule has 0 radical (unpaired) electrons. The fraction of sp³-hybridized carbons (Fsp3) is 0.231. The largest absolute Gasteiger partial charge is 0.320 e. The van der Waals surface area contributed by atoms with E-state index < -0.39 is 0 Å². The summed E-state index contributed by atoms with van der Waals surface area (Å²) in [6.07, 6.45) is 0. The molecule has 1 heterocycles. The van der Waals surface area contributed by atoms with E-state index in [9.17, 15) is 0 Å². The van der Waals surface area contributed by atoms with Crippen molar-refractivity contribution < 1.29 is 0 Å². The third-order valence-electron chi connectivity index (χ3n) is 2.72. The van der Waals surface area contributed by atoms with Crippen LogP contribution in [0.4, 0.5) is 0 Å². The van der Waals surface area contributed by atoms with E-state index in [0.29, 0.717) is 0 Å². The third-order valence-corrected chi connectivity index (χ3v) is 4.30. The molecule has 2 aromatic rings. The molecule has 1 aromatic carbocycles. The smallest absolute Gasteiger partial charge is 0.0573 e. The second-order valence-corrected chi connectivity index (χ2v) is 5.91. The SMILES string of the molecule is Cc1ccc(Br)c(C(N)c2ccsc2C)c1. The number of hydrogen-bond acceptors (Lipinski definition) is 2. The van der Waals surface area contributed by atoms with Crippen LogP contribution in [0.5, 0.6) is 0 Å². The molecule has 0 aliphatic rings. The Morgan fingerprint density at radius 3 is 2.56 bits per heavy atom. The van der Waals surface area contributed by atoms with Crippen molar-refractivity contribution in [3.05, 3.63) is 55.7 Å². The molecule has 3 heteroatoms. The van der Waals surface area contributed by atoms with Crippen LogP contribution in [0.25, 0.3) is 0 Å². The molecular formula is C13H14BrNS. The van der Waals surface area contributed by atoms with Gasteiger partial charge in [0.05, 0.1) is 6.04 Å². The van der Waals surface area contributed by atoms with Crippen molar-refractivity contribution in [2.75, 3.05) is 0 Å². The number of aryl methyl sites for hydroxylation is 2. The van der Waals surface area contributed by atoms with Gasteiger partial charge in [-0.3, -0.25) is 0 Å². The standard InChI is InChI=1S/C13H14BrNS/c1-8-3-4-12(14)11(7-8)13(15)10-5-6-16-9(10)2/h3-7,13H,15H2,1-2H3. The predicted molar refractivity (Wildman–Crippen MR) is 74.0 cm³/mol. The Balaban J connectivity index is 2.45. The third kappa shape index (κ3) is 2.21. The van der Waals surface area contributed by atoms with Crippen LogP contribution >= 0.6 is 27.3 Å². The lowest BCUT2D eigenvalue weighted by Crippen LogP contribution is -2.12. The molecule has 0 amide bonds. The van der Waals surface area contributed by atoms with Crippen molar-refractivity contribution in [2.24, 2.45) is 5.73 Å². The maximum Gasteiger partial charge on any atom is 0.0573 e. The molecule has 1 aromatic heterocycles. The van der Waals surface area contributed by atoms with Gasteiger partial charge in [0.15, 0.2) is 0 Å². The molecule has 16 heavy (non-hydrogen) atoms. The average molecular weight is 296 g/mol. The molecule has 0 bridgehead atoms. The summed E-state index contributed by atoms with van der Waals surface area (Å²) in [5.41, 5.74) is 9.92. The topological polar surface area (TPSA) is 26.0 Å². The molecule has 1 atom stereocenters. The van der Waals surface area contributed by atoms with Crippen molar-refractivity contribution in [1.29, 1.82) is 0 Å². The summed E-state index contributed by atoms with van der Waals surface area (Å²) in [4.78, 5) is 1.29. The highest BCUT2D eigenvalue weighted by Gasteiger charge is 2.14. The second-order valence-electron chi connectivity index (χ2n) is 3.93. The lowest BCUT2D eigenvalue weighted by atomic mass is 9.99. The van der Waals surface area contributed by atoms with Gasteiger partial charge in [-0.05, 0) is 42.5 Å². The minimum absolute atomic E-state index is 0.0412. The van der Waals surface area contributed by atoms with Crippen LogP contribution in [0.2, 0.25) is 0 Å². The first kappa shape index (κ1) is 11.8. The van der Waals surface area contributed by atoms with Gasteiger partial charge in [-0.1, -0.05) is 33.6 Å². The van der Waals surface area contributed by atoms with Crippen LogP contribution in [-0.2, 0) is 0 Å². The number of thiophene rings is 1. The van der Waals surface area contributed by atoms with Crippen molar-refractivity contribution in [3.8, 4) is 0 Å². The van der Waals surface area contributed by atoms with Crippen molar-refractivity contribution in [1.82, 2.24) is 0 Å². The highest BCUT2D eigenvalue weighted by atomic mass is 79.9. The molecule has 1 unspecified atom stereocenters. The van der Waals surface area contributed by atoms with E-state index in [1.54, 1.807) is 11.3 Å². The van der Waals surface area contributed by atoms with Gasteiger partial charge in [-0.15, -0.1) is 11.3 Å². The zero-order chi connectivity index (χ0) is 11.7. The van der Waals surface area contributed by atoms with Crippen LogP contribution in [0, 0.1) is 13.8 Å². The Morgan fingerprint density at radius 2 is 1.94 bits per heavy atom. The van der Waals surface area contributed by atoms with Gasteiger partial charge >= 0.3 is 0 Å². The van der Waals surface area contributed by atoms with E-state index >= 15 is 0 Å². The van der Waals surface area contributed by atoms with Gasteiger partial charge < -0.3 is 5.73 Å². The second kappa shape index (κ2) is 4.70. The summed E-state index contributed by atoms with van der Waals surface area (Å²) in [6.45, 7) is 4.20. The average Bonchev–Trinajstić information content (AvgIpc) is 2.67. The maximum atomic E-state index is 6.31. The quantitative estimate of drug-likeness (QED) is 0.884. The Bertz CT molecular complexity index is 504. The zero-order valence-electron chi connectivity index (χ0n) is 9.33. The molecule has 0 fully saturated rings. The molecule has 2 rings (SSSR count). The Hall–Kier alpha value is -0.640. The van der Waals surface area contributed by atoms with E-state index in [0.717, 1.165) is 10.0 Å². The lowest BCUT2D eigenvalue weighted by Gasteiger charge is -2.14. The molecule has 0 aliphatic carbocycles. The summed E-state index contributed by atoms with van der Waals surface area (Å²) < 4.78 is 1.08. The predicted octanol–water partition coefficient (Wildman–Crippen LogP) is 4.18. The van der Waals surface area contributed by atoms with Gasteiger partial charge in [0.2, 0.25) is 0 Å². The molecule has 2 N–H and O–H groups in total. The van der Waals surface area contributed by atoms with Gasteiger partial charge in [0, 0.05) is 9.35 Å². The molecule has 84 valence electrons.